The summed E-state index contributed by atoms with van der Waals surface area (Å²) in [5.74, 6) is 0.824. The number of fused-ring (bicyclic) bond motifs is 1. The van der Waals surface area contributed by atoms with E-state index in [4.69, 9.17) is 0 Å². The van der Waals surface area contributed by atoms with Gasteiger partial charge in [-0.15, -0.1) is 0 Å². The molecule has 0 amide bonds. The molecule has 0 unspecified atom stereocenters. The number of nitrogens with zero attached hydrogens (tertiary/aromatic N) is 2. The first kappa shape index (κ1) is 14.9. The van der Waals surface area contributed by atoms with Crippen LogP contribution in [0.2, 0.25) is 0 Å². The first-order valence-electron chi connectivity index (χ1n) is 7.67. The summed E-state index contributed by atoms with van der Waals surface area (Å²) >= 11 is 3.42. The monoisotopic (exact) mass is 378 g/mol. The number of rotatable bonds is 4. The molecule has 24 heavy (non-hydrogen) atoms. The number of hydrogen-bond acceptors (Lipinski definition) is 3. The highest BCUT2D eigenvalue weighted by Gasteiger charge is 2.06. The zero-order chi connectivity index (χ0) is 16.4. The highest BCUT2D eigenvalue weighted by molar-refractivity contribution is 9.10. The van der Waals surface area contributed by atoms with Gasteiger partial charge in [-0.2, -0.15) is 0 Å². The van der Waals surface area contributed by atoms with Gasteiger partial charge in [0.25, 0.3) is 0 Å². The predicted octanol–water partition coefficient (Wildman–Crippen LogP) is 5.00. The third-order valence-corrected chi connectivity index (χ3v) is 4.23. The number of benzene rings is 2. The molecule has 5 heteroatoms. The Balaban J connectivity index is 1.52. The van der Waals surface area contributed by atoms with Crippen LogP contribution in [0.5, 0.6) is 0 Å². The summed E-state index contributed by atoms with van der Waals surface area (Å²) in [5.41, 5.74) is 5.02. The zero-order valence-electron chi connectivity index (χ0n) is 12.8. The molecule has 0 spiro atoms. The van der Waals surface area contributed by atoms with Gasteiger partial charge >= 0.3 is 0 Å². The number of halogens is 1. The molecule has 0 fully saturated rings. The molecule has 0 atom stereocenters. The molecular weight excluding hydrogens is 364 g/mol. The zero-order valence-corrected chi connectivity index (χ0v) is 14.4. The average molecular weight is 379 g/mol. The summed E-state index contributed by atoms with van der Waals surface area (Å²) in [6.45, 7) is 0.808. The lowest BCUT2D eigenvalue weighted by atomic mass is 10.2. The lowest BCUT2D eigenvalue weighted by Gasteiger charge is -2.07. The van der Waals surface area contributed by atoms with Crippen molar-refractivity contribution in [3.05, 3.63) is 76.9 Å². The molecule has 118 valence electrons. The molecule has 0 bridgehead atoms. The maximum Gasteiger partial charge on any atom is 0.157 e. The standard InChI is InChI=1S/C19H15BrN4/c20-15-10-17-19(22-12-15)24-18(23-17)14-6-8-16(9-7-14)21-11-13-4-2-1-3-5-13/h1-10,12,21H,11H2,(H,22,23,24). The van der Waals surface area contributed by atoms with Gasteiger partial charge in [-0.1, -0.05) is 30.3 Å². The Kier molecular flexibility index (Phi) is 4.01. The van der Waals surface area contributed by atoms with E-state index in [1.54, 1.807) is 6.20 Å². The Morgan fingerprint density at radius 3 is 2.58 bits per heavy atom. The maximum atomic E-state index is 4.60. The molecule has 4 rings (SSSR count). The van der Waals surface area contributed by atoms with Gasteiger partial charge in [0.05, 0.1) is 0 Å². The number of anilines is 1. The van der Waals surface area contributed by atoms with Crippen LogP contribution in [-0.2, 0) is 6.54 Å². The highest BCUT2D eigenvalue weighted by atomic mass is 79.9. The molecule has 0 saturated carbocycles. The fourth-order valence-corrected chi connectivity index (χ4v) is 2.87. The molecule has 0 saturated heterocycles. The van der Waals surface area contributed by atoms with Crippen LogP contribution < -0.4 is 5.32 Å². The predicted molar refractivity (Wildman–Crippen MR) is 101 cm³/mol. The van der Waals surface area contributed by atoms with Crippen LogP contribution in [-0.4, -0.2) is 15.0 Å². The van der Waals surface area contributed by atoms with E-state index in [1.807, 2.05) is 24.3 Å². The van der Waals surface area contributed by atoms with E-state index in [1.165, 1.54) is 5.56 Å². The van der Waals surface area contributed by atoms with Gasteiger partial charge < -0.3 is 10.3 Å². The van der Waals surface area contributed by atoms with E-state index in [9.17, 15) is 0 Å². The molecule has 4 aromatic rings. The van der Waals surface area contributed by atoms with Gasteiger partial charge in [-0.3, -0.25) is 0 Å². The van der Waals surface area contributed by atoms with Gasteiger partial charge in [0.2, 0.25) is 0 Å². The normalized spacial score (nSPS) is 10.9. The van der Waals surface area contributed by atoms with Crippen molar-refractivity contribution in [2.45, 2.75) is 6.54 Å². The van der Waals surface area contributed by atoms with Crippen molar-refractivity contribution < 1.29 is 0 Å². The van der Waals surface area contributed by atoms with Crippen molar-refractivity contribution in [1.29, 1.82) is 0 Å². The third kappa shape index (κ3) is 3.16. The lowest BCUT2D eigenvalue weighted by molar-refractivity contribution is 1.15. The number of imidazole rings is 1. The SMILES string of the molecule is Brc1cnc2[nH]c(-c3ccc(NCc4ccccc4)cc3)nc2c1. The Labute approximate surface area is 148 Å². The second kappa shape index (κ2) is 6.45. The molecular formula is C19H15BrN4. The van der Waals surface area contributed by atoms with Crippen LogP contribution in [0, 0.1) is 0 Å². The largest absolute Gasteiger partial charge is 0.381 e. The van der Waals surface area contributed by atoms with E-state index < -0.39 is 0 Å². The Hall–Kier alpha value is -2.66. The van der Waals surface area contributed by atoms with Crippen LogP contribution in [0.3, 0.4) is 0 Å². The Morgan fingerprint density at radius 1 is 1.00 bits per heavy atom. The summed E-state index contributed by atoms with van der Waals surface area (Å²) in [6, 6.07) is 20.5. The van der Waals surface area contributed by atoms with E-state index in [0.29, 0.717) is 0 Å². The molecule has 0 aliphatic carbocycles. The van der Waals surface area contributed by atoms with Crippen molar-refractivity contribution in [3.8, 4) is 11.4 Å². The van der Waals surface area contributed by atoms with Crippen LogP contribution in [0.4, 0.5) is 5.69 Å². The summed E-state index contributed by atoms with van der Waals surface area (Å²) in [7, 11) is 0. The molecule has 2 heterocycles. The van der Waals surface area contributed by atoms with Crippen molar-refractivity contribution >= 4 is 32.8 Å². The minimum atomic E-state index is 0.791. The average Bonchev–Trinajstić information content (AvgIpc) is 3.04. The number of aromatic nitrogens is 3. The molecule has 2 aromatic heterocycles. The second-order valence-corrected chi connectivity index (χ2v) is 6.44. The molecule has 0 radical (unpaired) electrons. The summed E-state index contributed by atoms with van der Waals surface area (Å²) in [5, 5.41) is 3.42. The van der Waals surface area contributed by atoms with E-state index in [0.717, 1.165) is 39.3 Å². The van der Waals surface area contributed by atoms with Crippen molar-refractivity contribution in [3.63, 3.8) is 0 Å². The highest BCUT2D eigenvalue weighted by Crippen LogP contribution is 2.23. The number of pyridine rings is 1. The number of hydrogen-bond donors (Lipinski definition) is 2. The quantitative estimate of drug-likeness (QED) is 0.525. The fraction of sp³-hybridized carbons (Fsp3) is 0.0526. The van der Waals surface area contributed by atoms with Crippen molar-refractivity contribution in [2.75, 3.05) is 5.32 Å². The van der Waals surface area contributed by atoms with Crippen molar-refractivity contribution in [1.82, 2.24) is 15.0 Å². The van der Waals surface area contributed by atoms with Gasteiger partial charge in [0.1, 0.15) is 11.3 Å². The molecule has 0 aliphatic rings. The minimum absolute atomic E-state index is 0.791. The van der Waals surface area contributed by atoms with Crippen LogP contribution in [0.15, 0.2) is 71.3 Å². The van der Waals surface area contributed by atoms with Crippen molar-refractivity contribution in [2.24, 2.45) is 0 Å². The van der Waals surface area contributed by atoms with E-state index >= 15 is 0 Å². The molecule has 0 aliphatic heterocycles. The number of nitrogens with one attached hydrogen (secondary N) is 2. The lowest BCUT2D eigenvalue weighted by Crippen LogP contribution is -1.98. The Bertz CT molecular complexity index is 962. The van der Waals surface area contributed by atoms with Gasteiger partial charge in [0, 0.05) is 28.5 Å². The molecule has 2 aromatic carbocycles. The summed E-state index contributed by atoms with van der Waals surface area (Å²) in [6.07, 6.45) is 1.76. The van der Waals surface area contributed by atoms with Gasteiger partial charge in [-0.25, -0.2) is 9.97 Å². The minimum Gasteiger partial charge on any atom is -0.381 e. The third-order valence-electron chi connectivity index (χ3n) is 3.80. The summed E-state index contributed by atoms with van der Waals surface area (Å²) in [4.78, 5) is 12.2. The first-order chi connectivity index (χ1) is 11.8. The molecule has 2 N–H and O–H groups in total. The first-order valence-corrected chi connectivity index (χ1v) is 8.47. The van der Waals surface area contributed by atoms with Gasteiger partial charge in [-0.05, 0) is 51.8 Å². The van der Waals surface area contributed by atoms with E-state index in [2.05, 4.69) is 72.6 Å². The van der Waals surface area contributed by atoms with Crippen LogP contribution in [0.25, 0.3) is 22.6 Å². The number of aromatic amines is 1. The topological polar surface area (TPSA) is 53.6 Å². The number of H-pyrrole nitrogens is 1. The molecule has 4 nitrogen and oxygen atoms in total. The summed E-state index contributed by atoms with van der Waals surface area (Å²) < 4.78 is 0.925. The van der Waals surface area contributed by atoms with E-state index in [-0.39, 0.29) is 0 Å². The maximum absolute atomic E-state index is 4.60. The van der Waals surface area contributed by atoms with Crippen LogP contribution >= 0.6 is 15.9 Å². The van der Waals surface area contributed by atoms with Gasteiger partial charge in [0.15, 0.2) is 5.65 Å². The van der Waals surface area contributed by atoms with Crippen LogP contribution in [0.1, 0.15) is 5.56 Å². The Morgan fingerprint density at radius 2 is 1.79 bits per heavy atom. The smallest absolute Gasteiger partial charge is 0.157 e. The second-order valence-electron chi connectivity index (χ2n) is 5.52. The fourth-order valence-electron chi connectivity index (χ4n) is 2.55.